The predicted octanol–water partition coefficient (Wildman–Crippen LogP) is 2.66. The summed E-state index contributed by atoms with van der Waals surface area (Å²) in [7, 11) is 5.94. The third kappa shape index (κ3) is 6.63. The van der Waals surface area contributed by atoms with Crippen LogP contribution in [0.4, 0.5) is 10.5 Å². The number of nitrogens with one attached hydrogen (secondary N) is 1. The fraction of sp³-hybridized carbons (Fsp3) is 0.526. The molecule has 2 radical (unpaired) electrons. The van der Waals surface area contributed by atoms with Crippen LogP contribution in [0.15, 0.2) is 16.7 Å². The molecule has 1 saturated heterocycles. The first kappa shape index (κ1) is 23.0. The van der Waals surface area contributed by atoms with Crippen molar-refractivity contribution in [3.63, 3.8) is 0 Å². The number of ether oxygens (including phenoxy) is 1. The van der Waals surface area contributed by atoms with Crippen molar-refractivity contribution in [2.24, 2.45) is 10.9 Å². The summed E-state index contributed by atoms with van der Waals surface area (Å²) < 4.78 is 7.33. The van der Waals surface area contributed by atoms with Gasteiger partial charge in [-0.1, -0.05) is 0 Å². The quantitative estimate of drug-likeness (QED) is 0.430. The third-order valence-electron chi connectivity index (χ3n) is 4.35. The number of aromatic amines is 1. The number of rotatable bonds is 4. The summed E-state index contributed by atoms with van der Waals surface area (Å²) in [4.78, 5) is 21.6. The van der Waals surface area contributed by atoms with Crippen molar-refractivity contribution >= 4 is 41.7 Å². The summed E-state index contributed by atoms with van der Waals surface area (Å²) in [5, 5.41) is 1.01. The van der Waals surface area contributed by atoms with E-state index < -0.39 is 5.60 Å². The zero-order valence-corrected chi connectivity index (χ0v) is 20.2. The van der Waals surface area contributed by atoms with Crippen LogP contribution in [0.2, 0.25) is 5.15 Å². The molecule has 1 fully saturated rings. The number of halogens is 1. The van der Waals surface area contributed by atoms with E-state index in [1.807, 2.05) is 31.2 Å². The van der Waals surface area contributed by atoms with E-state index in [-0.39, 0.29) is 6.09 Å². The van der Waals surface area contributed by atoms with Crippen LogP contribution in [-0.4, -0.2) is 53.5 Å². The van der Waals surface area contributed by atoms with Gasteiger partial charge < -0.3 is 4.74 Å². The van der Waals surface area contributed by atoms with E-state index in [0.29, 0.717) is 47.2 Å². The van der Waals surface area contributed by atoms with Crippen molar-refractivity contribution < 1.29 is 28.9 Å². The molecule has 1 aromatic rings. The molecular formula is C19H26BClN4O2W. The number of piperidine rings is 1. The Morgan fingerprint density at radius 2 is 2.14 bits per heavy atom. The number of nitrogens with zero attached hydrogens (tertiary/aromatic N) is 2. The van der Waals surface area contributed by atoms with Gasteiger partial charge in [0.05, 0.1) is 0 Å². The molecule has 0 saturated carbocycles. The summed E-state index contributed by atoms with van der Waals surface area (Å²) >= 11 is 7.40. The Kier molecular flexibility index (Phi) is 8.14. The van der Waals surface area contributed by atoms with Crippen molar-refractivity contribution in [3.8, 4) is 0 Å². The number of allylic oxidation sites excluding steroid dienone is 1. The zero-order chi connectivity index (χ0) is 20.9. The number of likely N-dealkylation sites (tertiary alicyclic amines) is 1. The molecule has 2 heterocycles. The van der Waals surface area contributed by atoms with Crippen LogP contribution < -0.4 is 11.1 Å². The Hall–Kier alpha value is -1.33. The first-order valence-corrected chi connectivity index (χ1v) is 11.2. The molecule has 1 aliphatic heterocycles. The second kappa shape index (κ2) is 9.93. The summed E-state index contributed by atoms with van der Waals surface area (Å²) in [5.41, 5.74) is 7.54. The number of anilines is 1. The van der Waals surface area contributed by atoms with Gasteiger partial charge in [-0.3, -0.25) is 0 Å². The molecule has 0 bridgehead atoms. The number of pyridine rings is 1. The molecule has 0 spiro atoms. The molecule has 3 N–H and O–H groups in total. The Labute approximate surface area is 183 Å². The topological polar surface area (TPSA) is 83.7 Å². The number of amides is 1. The predicted molar refractivity (Wildman–Crippen MR) is 111 cm³/mol. The second-order valence-corrected chi connectivity index (χ2v) is 9.06. The summed E-state index contributed by atoms with van der Waals surface area (Å²) in [5.74, 6) is 0.373. The molecule has 28 heavy (non-hydrogen) atoms. The van der Waals surface area contributed by atoms with Gasteiger partial charge >= 0.3 is 148 Å². The minimum atomic E-state index is -0.479. The molecule has 0 atom stereocenters. The SMILES string of the molecule is [B]/C([CH]=[W])=C/c1c[nH]c(Cl)c(N)c1=NCC1CCN(C(=O)OC(C)(C)C)CC1. The van der Waals surface area contributed by atoms with E-state index in [2.05, 4.69) is 4.98 Å². The van der Waals surface area contributed by atoms with Crippen molar-refractivity contribution in [2.45, 2.75) is 39.2 Å². The molecule has 1 amide bonds. The van der Waals surface area contributed by atoms with E-state index in [9.17, 15) is 4.79 Å². The first-order valence-electron chi connectivity index (χ1n) is 9.18. The van der Waals surface area contributed by atoms with Gasteiger partial charge in [-0.15, -0.1) is 0 Å². The number of hydrogen-bond donors (Lipinski definition) is 2. The fourth-order valence-corrected chi connectivity index (χ4v) is 3.28. The van der Waals surface area contributed by atoms with Crippen LogP contribution in [0.3, 0.4) is 0 Å². The van der Waals surface area contributed by atoms with E-state index in [4.69, 9.17) is 34.9 Å². The van der Waals surface area contributed by atoms with Gasteiger partial charge in [-0.25, -0.2) is 4.79 Å². The van der Waals surface area contributed by atoms with Crippen LogP contribution in [0.5, 0.6) is 0 Å². The second-order valence-electron chi connectivity index (χ2n) is 7.83. The minimum absolute atomic E-state index is 0.252. The Morgan fingerprint density at radius 1 is 1.50 bits per heavy atom. The summed E-state index contributed by atoms with van der Waals surface area (Å²) in [6.45, 7) is 7.58. The van der Waals surface area contributed by atoms with Gasteiger partial charge in [0, 0.05) is 0 Å². The fourth-order valence-electron chi connectivity index (χ4n) is 2.89. The normalized spacial score (nSPS) is 16.9. The molecule has 1 aromatic heterocycles. The number of aromatic nitrogens is 1. The van der Waals surface area contributed by atoms with E-state index >= 15 is 0 Å². The van der Waals surface area contributed by atoms with Gasteiger partial charge in [0.25, 0.3) is 0 Å². The van der Waals surface area contributed by atoms with Crippen molar-refractivity contribution in [1.82, 2.24) is 9.88 Å². The average molecular weight is 573 g/mol. The number of hydrogen-bond acceptors (Lipinski definition) is 4. The standard InChI is InChI=1S/C19H26BClN4O2.W/c1-12(20)9-14-11-24-17(21)15(22)16(14)23-10-13-5-7-25(8-6-13)18(26)27-19(2,3)4;/h1,9,11,13H,5-8,10,22H2,2-4H3,(H,23,24);/b12-9+;. The van der Waals surface area contributed by atoms with Crippen molar-refractivity contribution in [3.05, 3.63) is 27.7 Å². The number of nitrogen functional groups attached to an aromatic ring is 1. The number of carbonyl (C=O) groups is 1. The summed E-state index contributed by atoms with van der Waals surface area (Å²) in [6, 6.07) is 0. The van der Waals surface area contributed by atoms with E-state index in [1.54, 1.807) is 11.1 Å². The van der Waals surface area contributed by atoms with Crippen molar-refractivity contribution in [1.29, 1.82) is 0 Å². The van der Waals surface area contributed by atoms with Crippen LogP contribution in [0, 0.1) is 5.92 Å². The number of nitrogens with two attached hydrogens (primary N) is 1. The van der Waals surface area contributed by atoms with Crippen LogP contribution >= 0.6 is 11.6 Å². The van der Waals surface area contributed by atoms with Gasteiger partial charge in [0.15, 0.2) is 0 Å². The molecule has 150 valence electrons. The Morgan fingerprint density at radius 3 is 2.71 bits per heavy atom. The molecule has 6 nitrogen and oxygen atoms in total. The molecule has 0 unspecified atom stereocenters. The molecule has 2 rings (SSSR count). The maximum absolute atomic E-state index is 12.2. The van der Waals surface area contributed by atoms with Gasteiger partial charge in [0.1, 0.15) is 5.60 Å². The summed E-state index contributed by atoms with van der Waals surface area (Å²) in [6.07, 6.45) is 5.08. The van der Waals surface area contributed by atoms with E-state index in [0.717, 1.165) is 18.4 Å². The molecule has 0 aromatic carbocycles. The monoisotopic (exact) mass is 572 g/mol. The van der Waals surface area contributed by atoms with Gasteiger partial charge in [0.2, 0.25) is 0 Å². The van der Waals surface area contributed by atoms with Gasteiger partial charge in [-0.05, 0) is 20.8 Å². The van der Waals surface area contributed by atoms with Crippen LogP contribution in [-0.2, 0) is 24.1 Å². The first-order chi connectivity index (χ1) is 13.1. The molecular weight excluding hydrogens is 546 g/mol. The van der Waals surface area contributed by atoms with Crippen LogP contribution in [0.1, 0.15) is 39.2 Å². The number of H-pyrrole nitrogens is 1. The zero-order valence-electron chi connectivity index (χ0n) is 16.5. The molecule has 1 aliphatic rings. The van der Waals surface area contributed by atoms with E-state index in [1.165, 1.54) is 19.4 Å². The number of carbonyl (C=O) groups excluding carboxylic acids is 1. The van der Waals surface area contributed by atoms with Gasteiger partial charge in [-0.2, -0.15) is 0 Å². The molecule has 9 heteroatoms. The molecule has 0 aliphatic carbocycles. The maximum atomic E-state index is 12.2. The Balaban J connectivity index is 2.08. The third-order valence-corrected chi connectivity index (χ3v) is 5.64. The average Bonchev–Trinajstić information content (AvgIpc) is 2.63. The van der Waals surface area contributed by atoms with Crippen LogP contribution in [0.25, 0.3) is 6.08 Å². The van der Waals surface area contributed by atoms with Crippen molar-refractivity contribution in [2.75, 3.05) is 25.4 Å². The Bertz CT molecular complexity index is 824.